The minimum Gasteiger partial charge on any atom is -0.430 e. The van der Waals surface area contributed by atoms with E-state index in [1.807, 2.05) is 0 Å². The number of rotatable bonds is 4. The molecule has 8 nitrogen and oxygen atoms in total. The van der Waals surface area contributed by atoms with Gasteiger partial charge < -0.3 is 9.73 Å². The van der Waals surface area contributed by atoms with Crippen LogP contribution in [0.1, 0.15) is 29.1 Å². The van der Waals surface area contributed by atoms with Crippen molar-refractivity contribution < 1.29 is 13.6 Å². The quantitative estimate of drug-likeness (QED) is 0.584. The van der Waals surface area contributed by atoms with Crippen molar-refractivity contribution in [1.82, 2.24) is 24.9 Å². The fourth-order valence-corrected chi connectivity index (χ4v) is 2.64. The van der Waals surface area contributed by atoms with E-state index >= 15 is 0 Å². The highest BCUT2D eigenvalue weighted by atomic mass is 19.1. The molecule has 9 heteroatoms. The van der Waals surface area contributed by atoms with Gasteiger partial charge in [0.1, 0.15) is 18.4 Å². The van der Waals surface area contributed by atoms with Crippen LogP contribution in [-0.4, -0.2) is 25.5 Å². The number of carbonyl (C=O) groups excluding carboxylic acids is 1. The zero-order chi connectivity index (χ0) is 19.7. The summed E-state index contributed by atoms with van der Waals surface area (Å²) in [5, 5.41) is 7.02. The Labute approximate surface area is 157 Å². The smallest absolute Gasteiger partial charge is 0.335 e. The molecule has 1 atom stereocenters. The van der Waals surface area contributed by atoms with Crippen LogP contribution in [0.25, 0.3) is 16.9 Å². The molecule has 3 heterocycles. The number of halogens is 1. The second-order valence-electron chi connectivity index (χ2n) is 6.07. The van der Waals surface area contributed by atoms with Crippen molar-refractivity contribution >= 4 is 11.6 Å². The van der Waals surface area contributed by atoms with Gasteiger partial charge in [0.15, 0.2) is 11.5 Å². The Morgan fingerprint density at radius 3 is 2.82 bits per heavy atom. The Morgan fingerprint density at radius 1 is 1.25 bits per heavy atom. The molecule has 1 amide bonds. The van der Waals surface area contributed by atoms with E-state index in [-0.39, 0.29) is 11.4 Å². The van der Waals surface area contributed by atoms with Gasteiger partial charge in [0.05, 0.1) is 17.3 Å². The van der Waals surface area contributed by atoms with Crippen LogP contribution in [0.5, 0.6) is 0 Å². The molecule has 3 aromatic heterocycles. The number of hydrogen-bond acceptors (Lipinski definition) is 6. The number of nitrogens with one attached hydrogen (secondary N) is 1. The third kappa shape index (κ3) is 3.37. The van der Waals surface area contributed by atoms with E-state index in [1.165, 1.54) is 29.0 Å². The van der Waals surface area contributed by atoms with Crippen molar-refractivity contribution in [2.45, 2.75) is 13.0 Å². The summed E-state index contributed by atoms with van der Waals surface area (Å²) in [5.41, 5.74) is 0.931. The Morgan fingerprint density at radius 2 is 2.07 bits per heavy atom. The van der Waals surface area contributed by atoms with Crippen molar-refractivity contribution in [3.63, 3.8) is 0 Å². The van der Waals surface area contributed by atoms with E-state index in [9.17, 15) is 14.0 Å². The third-order valence-corrected chi connectivity index (χ3v) is 4.09. The first-order chi connectivity index (χ1) is 13.5. The molecule has 0 aliphatic carbocycles. The van der Waals surface area contributed by atoms with Crippen LogP contribution in [0.3, 0.4) is 0 Å². The zero-order valence-corrected chi connectivity index (χ0v) is 14.7. The molecule has 0 saturated carbocycles. The minimum absolute atomic E-state index is 0.207. The average molecular weight is 379 g/mol. The van der Waals surface area contributed by atoms with Crippen LogP contribution in [0.4, 0.5) is 4.39 Å². The lowest BCUT2D eigenvalue weighted by molar-refractivity contribution is 0.0936. The molecule has 0 aliphatic heterocycles. The Balaban J connectivity index is 1.59. The number of carbonyl (C=O) groups is 1. The van der Waals surface area contributed by atoms with E-state index in [2.05, 4.69) is 24.8 Å². The Kier molecular flexibility index (Phi) is 4.40. The summed E-state index contributed by atoms with van der Waals surface area (Å²) in [7, 11) is 0. The van der Waals surface area contributed by atoms with Crippen LogP contribution in [0.15, 0.2) is 64.3 Å². The van der Waals surface area contributed by atoms with Gasteiger partial charge in [-0.3, -0.25) is 4.79 Å². The van der Waals surface area contributed by atoms with Gasteiger partial charge in [0, 0.05) is 17.7 Å². The van der Waals surface area contributed by atoms with Crippen molar-refractivity contribution in [3.8, 4) is 11.3 Å². The number of benzene rings is 1. The molecule has 0 spiro atoms. The number of nitrogens with zero attached hydrogens (tertiary/aromatic N) is 4. The maximum Gasteiger partial charge on any atom is 0.335 e. The van der Waals surface area contributed by atoms with Gasteiger partial charge in [-0.1, -0.05) is 12.1 Å². The topological polar surface area (TPSA) is 102 Å². The first-order valence-electron chi connectivity index (χ1n) is 8.38. The molecule has 0 fully saturated rings. The molecule has 1 aromatic carbocycles. The SMILES string of the molecule is C[C@H](NC(=O)c1ccc(=O)oc1)c1nc2cc(-c3ccccc3F)ncn2n1. The lowest BCUT2D eigenvalue weighted by Gasteiger charge is -2.09. The van der Waals surface area contributed by atoms with Crippen LogP contribution in [-0.2, 0) is 0 Å². The highest BCUT2D eigenvalue weighted by Crippen LogP contribution is 2.21. The first kappa shape index (κ1) is 17.5. The maximum atomic E-state index is 14.0. The second kappa shape index (κ2) is 7.03. The van der Waals surface area contributed by atoms with Gasteiger partial charge in [-0.25, -0.2) is 23.7 Å². The monoisotopic (exact) mass is 379 g/mol. The van der Waals surface area contributed by atoms with Crippen LogP contribution < -0.4 is 10.9 Å². The molecular weight excluding hydrogens is 365 g/mol. The molecule has 4 rings (SSSR count). The van der Waals surface area contributed by atoms with Crippen molar-refractivity contribution in [3.05, 3.63) is 82.7 Å². The van der Waals surface area contributed by atoms with Gasteiger partial charge >= 0.3 is 5.63 Å². The number of hydrogen-bond donors (Lipinski definition) is 1. The molecule has 0 bridgehead atoms. The minimum atomic E-state index is -0.537. The van der Waals surface area contributed by atoms with Crippen molar-refractivity contribution in [2.75, 3.05) is 0 Å². The van der Waals surface area contributed by atoms with Gasteiger partial charge in [-0.2, -0.15) is 0 Å². The number of fused-ring (bicyclic) bond motifs is 1. The van der Waals surface area contributed by atoms with Crippen LogP contribution in [0, 0.1) is 5.82 Å². The van der Waals surface area contributed by atoms with Gasteiger partial charge in [-0.05, 0) is 25.1 Å². The second-order valence-corrected chi connectivity index (χ2v) is 6.07. The fourth-order valence-electron chi connectivity index (χ4n) is 2.64. The Hall–Kier alpha value is -3.88. The molecule has 0 unspecified atom stereocenters. The zero-order valence-electron chi connectivity index (χ0n) is 14.7. The molecule has 0 radical (unpaired) electrons. The normalized spacial score (nSPS) is 12.1. The highest BCUT2D eigenvalue weighted by Gasteiger charge is 2.17. The van der Waals surface area contributed by atoms with Gasteiger partial charge in [0.2, 0.25) is 0 Å². The lowest BCUT2D eigenvalue weighted by Crippen LogP contribution is -2.27. The summed E-state index contributed by atoms with van der Waals surface area (Å²) in [6.45, 7) is 1.72. The predicted molar refractivity (Wildman–Crippen MR) is 97.0 cm³/mol. The largest absolute Gasteiger partial charge is 0.430 e. The van der Waals surface area contributed by atoms with Crippen LogP contribution in [0.2, 0.25) is 0 Å². The lowest BCUT2D eigenvalue weighted by atomic mass is 10.1. The predicted octanol–water partition coefficient (Wildman–Crippen LogP) is 2.37. The summed E-state index contributed by atoms with van der Waals surface area (Å²) in [6.07, 6.45) is 2.53. The van der Waals surface area contributed by atoms with E-state index in [1.54, 1.807) is 31.2 Å². The molecule has 0 aliphatic rings. The summed E-state index contributed by atoms with van der Waals surface area (Å²) in [6, 6.07) is 9.96. The van der Waals surface area contributed by atoms with E-state index in [0.29, 0.717) is 22.7 Å². The Bertz CT molecular complexity index is 1210. The van der Waals surface area contributed by atoms with Gasteiger partial charge in [-0.15, -0.1) is 5.10 Å². The van der Waals surface area contributed by atoms with Gasteiger partial charge in [0.25, 0.3) is 5.91 Å². The molecular formula is C19H14FN5O3. The molecule has 140 valence electrons. The van der Waals surface area contributed by atoms with E-state index < -0.39 is 17.6 Å². The van der Waals surface area contributed by atoms with E-state index in [4.69, 9.17) is 0 Å². The maximum absolute atomic E-state index is 14.0. The number of aromatic nitrogens is 4. The molecule has 1 N–H and O–H groups in total. The fraction of sp³-hybridized carbons (Fsp3) is 0.105. The summed E-state index contributed by atoms with van der Waals surface area (Å²) >= 11 is 0. The van der Waals surface area contributed by atoms with Crippen LogP contribution >= 0.6 is 0 Å². The summed E-state index contributed by atoms with van der Waals surface area (Å²) in [4.78, 5) is 31.8. The molecule has 4 aromatic rings. The standard InChI is InChI=1S/C19H14FN5O3/c1-11(22-19(27)12-6-7-17(26)28-9-12)18-23-16-8-15(21-10-25(16)24-18)13-4-2-3-5-14(13)20/h2-11H,1H3,(H,22,27)/t11-/m0/s1. The first-order valence-corrected chi connectivity index (χ1v) is 8.38. The molecule has 0 saturated heterocycles. The van der Waals surface area contributed by atoms with Crippen molar-refractivity contribution in [2.24, 2.45) is 0 Å². The highest BCUT2D eigenvalue weighted by molar-refractivity contribution is 5.93. The van der Waals surface area contributed by atoms with Crippen molar-refractivity contribution in [1.29, 1.82) is 0 Å². The molecule has 28 heavy (non-hydrogen) atoms. The number of amides is 1. The summed E-state index contributed by atoms with van der Waals surface area (Å²) in [5.74, 6) is -0.451. The third-order valence-electron chi connectivity index (χ3n) is 4.09. The van der Waals surface area contributed by atoms with E-state index in [0.717, 1.165) is 6.26 Å². The average Bonchev–Trinajstić information content (AvgIpc) is 3.12. The summed E-state index contributed by atoms with van der Waals surface area (Å²) < 4.78 is 20.1.